The topological polar surface area (TPSA) is 41.6 Å². The molecule has 0 radical (unpaired) electrons. The predicted octanol–water partition coefficient (Wildman–Crippen LogP) is 2.28. The first-order chi connectivity index (χ1) is 9.13. The minimum absolute atomic E-state index is 0.0121. The molecule has 4 nitrogen and oxygen atoms in total. The van der Waals surface area contributed by atoms with Crippen LogP contribution in [-0.4, -0.2) is 44.1 Å². The van der Waals surface area contributed by atoms with Gasteiger partial charge in [-0.1, -0.05) is 15.9 Å². The smallest absolute Gasteiger partial charge is 0.257 e. The lowest BCUT2D eigenvalue weighted by Crippen LogP contribution is -2.46. The highest BCUT2D eigenvalue weighted by molar-refractivity contribution is 9.10. The molecule has 1 aromatic rings. The number of likely N-dealkylation sites (N-methyl/N-ethyl adjacent to an activating group) is 1. The van der Waals surface area contributed by atoms with Crippen molar-refractivity contribution in [1.29, 1.82) is 0 Å². The van der Waals surface area contributed by atoms with Crippen molar-refractivity contribution in [3.63, 3.8) is 0 Å². The average molecular weight is 327 g/mol. The van der Waals surface area contributed by atoms with E-state index < -0.39 is 0 Å². The number of carbonyl (C=O) groups excluding carboxylic acids is 1. The van der Waals surface area contributed by atoms with Crippen molar-refractivity contribution in [1.82, 2.24) is 10.2 Å². The molecule has 1 aliphatic heterocycles. The van der Waals surface area contributed by atoms with Gasteiger partial charge in [0, 0.05) is 24.1 Å². The maximum absolute atomic E-state index is 12.5. The fourth-order valence-electron chi connectivity index (χ4n) is 2.36. The van der Waals surface area contributed by atoms with Crippen LogP contribution in [0.2, 0.25) is 0 Å². The van der Waals surface area contributed by atoms with Crippen LogP contribution in [0.5, 0.6) is 5.75 Å². The molecule has 0 spiro atoms. The van der Waals surface area contributed by atoms with Gasteiger partial charge in [-0.3, -0.25) is 4.79 Å². The van der Waals surface area contributed by atoms with E-state index in [-0.39, 0.29) is 11.9 Å². The van der Waals surface area contributed by atoms with Gasteiger partial charge in [-0.25, -0.2) is 0 Å². The molecule has 0 aromatic heterocycles. The van der Waals surface area contributed by atoms with Crippen LogP contribution >= 0.6 is 15.9 Å². The van der Waals surface area contributed by atoms with Gasteiger partial charge >= 0.3 is 0 Å². The molecule has 1 amide bonds. The fourth-order valence-corrected chi connectivity index (χ4v) is 2.70. The van der Waals surface area contributed by atoms with Gasteiger partial charge in [0.2, 0.25) is 0 Å². The van der Waals surface area contributed by atoms with Gasteiger partial charge in [-0.05, 0) is 37.6 Å². The van der Waals surface area contributed by atoms with E-state index in [4.69, 9.17) is 4.74 Å². The highest BCUT2D eigenvalue weighted by Crippen LogP contribution is 2.25. The zero-order chi connectivity index (χ0) is 13.8. The lowest BCUT2D eigenvalue weighted by Gasteiger charge is -2.32. The molecule has 1 saturated heterocycles. The molecule has 2 rings (SSSR count). The van der Waals surface area contributed by atoms with Crippen LogP contribution in [0.1, 0.15) is 23.2 Å². The largest absolute Gasteiger partial charge is 0.496 e. The molecule has 19 heavy (non-hydrogen) atoms. The van der Waals surface area contributed by atoms with Gasteiger partial charge in [0.05, 0.1) is 12.7 Å². The molecule has 104 valence electrons. The number of piperidine rings is 1. The maximum atomic E-state index is 12.5. The van der Waals surface area contributed by atoms with Crippen LogP contribution in [0.25, 0.3) is 0 Å². The molecule has 5 heteroatoms. The molecule has 1 heterocycles. The number of amides is 1. The molecule has 1 aromatic carbocycles. The summed E-state index contributed by atoms with van der Waals surface area (Å²) >= 11 is 3.38. The summed E-state index contributed by atoms with van der Waals surface area (Å²) in [6, 6.07) is 5.75. The first-order valence-corrected chi connectivity index (χ1v) is 7.24. The van der Waals surface area contributed by atoms with Crippen LogP contribution in [-0.2, 0) is 0 Å². The molecule has 0 bridgehead atoms. The van der Waals surface area contributed by atoms with Crippen LogP contribution in [0.15, 0.2) is 22.7 Å². The quantitative estimate of drug-likeness (QED) is 0.926. The molecule has 0 aliphatic carbocycles. The summed E-state index contributed by atoms with van der Waals surface area (Å²) in [6.07, 6.45) is 2.16. The van der Waals surface area contributed by atoms with Crippen molar-refractivity contribution < 1.29 is 9.53 Å². The zero-order valence-corrected chi connectivity index (χ0v) is 12.9. The van der Waals surface area contributed by atoms with E-state index in [1.807, 2.05) is 24.1 Å². The van der Waals surface area contributed by atoms with Crippen molar-refractivity contribution in [3.05, 3.63) is 28.2 Å². The SMILES string of the molecule is COc1cc(Br)ccc1C(=O)N(C)C1CCCNC1. The molecule has 1 fully saturated rings. The Morgan fingerprint density at radius 1 is 1.53 bits per heavy atom. The number of hydrogen-bond donors (Lipinski definition) is 1. The minimum Gasteiger partial charge on any atom is -0.496 e. The lowest BCUT2D eigenvalue weighted by molar-refractivity contribution is 0.0705. The normalized spacial score (nSPS) is 19.0. The Hall–Kier alpha value is -1.07. The van der Waals surface area contributed by atoms with Crippen LogP contribution in [0, 0.1) is 0 Å². The number of ether oxygens (including phenoxy) is 1. The van der Waals surface area contributed by atoms with Crippen molar-refractivity contribution in [2.75, 3.05) is 27.2 Å². The number of hydrogen-bond acceptors (Lipinski definition) is 3. The molecule has 1 atom stereocenters. The Morgan fingerprint density at radius 3 is 2.95 bits per heavy atom. The van der Waals surface area contributed by atoms with Crippen LogP contribution in [0.4, 0.5) is 0 Å². The molecule has 1 unspecified atom stereocenters. The van der Waals surface area contributed by atoms with Gasteiger partial charge in [0.25, 0.3) is 5.91 Å². The number of carbonyl (C=O) groups is 1. The van der Waals surface area contributed by atoms with Crippen LogP contribution in [0.3, 0.4) is 0 Å². The molecule has 1 N–H and O–H groups in total. The lowest BCUT2D eigenvalue weighted by atomic mass is 10.0. The summed E-state index contributed by atoms with van der Waals surface area (Å²) in [5.41, 5.74) is 0.610. The van der Waals surface area contributed by atoms with Crippen molar-refractivity contribution in [2.24, 2.45) is 0 Å². The monoisotopic (exact) mass is 326 g/mol. The van der Waals surface area contributed by atoms with Gasteiger partial charge in [-0.2, -0.15) is 0 Å². The Balaban J connectivity index is 2.18. The Kier molecular flexibility index (Phi) is 4.82. The van der Waals surface area contributed by atoms with Gasteiger partial charge in [0.1, 0.15) is 5.75 Å². The van der Waals surface area contributed by atoms with E-state index in [1.165, 1.54) is 0 Å². The van der Waals surface area contributed by atoms with Crippen molar-refractivity contribution in [2.45, 2.75) is 18.9 Å². The summed E-state index contributed by atoms with van der Waals surface area (Å²) in [5, 5.41) is 3.33. The summed E-state index contributed by atoms with van der Waals surface area (Å²) in [5.74, 6) is 0.619. The number of methoxy groups -OCH3 is 1. The summed E-state index contributed by atoms with van der Waals surface area (Å²) < 4.78 is 6.20. The van der Waals surface area contributed by atoms with E-state index in [0.717, 1.165) is 30.4 Å². The van der Waals surface area contributed by atoms with Gasteiger partial charge in [0.15, 0.2) is 0 Å². The van der Waals surface area contributed by atoms with E-state index in [9.17, 15) is 4.79 Å². The second kappa shape index (κ2) is 6.39. The maximum Gasteiger partial charge on any atom is 0.257 e. The Bertz CT molecular complexity index is 459. The minimum atomic E-state index is 0.0121. The van der Waals surface area contributed by atoms with E-state index in [0.29, 0.717) is 11.3 Å². The number of nitrogens with one attached hydrogen (secondary N) is 1. The molecular weight excluding hydrogens is 308 g/mol. The third kappa shape index (κ3) is 3.28. The van der Waals surface area contributed by atoms with Crippen molar-refractivity contribution in [3.8, 4) is 5.75 Å². The van der Waals surface area contributed by atoms with Crippen molar-refractivity contribution >= 4 is 21.8 Å². The third-order valence-corrected chi connectivity index (χ3v) is 4.03. The molecule has 1 aliphatic rings. The number of nitrogens with zero attached hydrogens (tertiary/aromatic N) is 1. The fraction of sp³-hybridized carbons (Fsp3) is 0.500. The first-order valence-electron chi connectivity index (χ1n) is 6.45. The highest BCUT2D eigenvalue weighted by Gasteiger charge is 2.24. The number of rotatable bonds is 3. The summed E-state index contributed by atoms with van der Waals surface area (Å²) in [7, 11) is 3.45. The van der Waals surface area contributed by atoms with Crippen LogP contribution < -0.4 is 10.1 Å². The van der Waals surface area contributed by atoms with Gasteiger partial charge < -0.3 is 15.0 Å². The van der Waals surface area contributed by atoms with E-state index in [1.54, 1.807) is 13.2 Å². The first kappa shape index (κ1) is 14.3. The number of halogens is 1. The second-order valence-corrected chi connectivity index (χ2v) is 5.68. The van der Waals surface area contributed by atoms with E-state index >= 15 is 0 Å². The molecule has 0 saturated carbocycles. The third-order valence-electron chi connectivity index (χ3n) is 3.53. The van der Waals surface area contributed by atoms with E-state index in [2.05, 4.69) is 21.2 Å². The Labute approximate surface area is 122 Å². The Morgan fingerprint density at radius 2 is 2.32 bits per heavy atom. The standard InChI is InChI=1S/C14H19BrN2O2/c1-17(11-4-3-7-16-9-11)14(18)12-6-5-10(15)8-13(12)19-2/h5-6,8,11,16H,3-4,7,9H2,1-2H3. The zero-order valence-electron chi connectivity index (χ0n) is 11.3. The average Bonchev–Trinajstić information content (AvgIpc) is 2.46. The second-order valence-electron chi connectivity index (χ2n) is 4.76. The molecular formula is C14H19BrN2O2. The summed E-state index contributed by atoms with van der Waals surface area (Å²) in [4.78, 5) is 14.4. The summed E-state index contributed by atoms with van der Waals surface area (Å²) in [6.45, 7) is 1.90. The van der Waals surface area contributed by atoms with Gasteiger partial charge in [-0.15, -0.1) is 0 Å². The highest BCUT2D eigenvalue weighted by atomic mass is 79.9. The number of benzene rings is 1. The predicted molar refractivity (Wildman–Crippen MR) is 78.7 cm³/mol.